The third kappa shape index (κ3) is 5.22. The van der Waals surface area contributed by atoms with E-state index in [1.54, 1.807) is 31.4 Å². The van der Waals surface area contributed by atoms with Gasteiger partial charge in [-0.25, -0.2) is 4.79 Å². The Balaban J connectivity index is 2.58. The van der Waals surface area contributed by atoms with Gasteiger partial charge in [0.25, 0.3) is 0 Å². The van der Waals surface area contributed by atoms with Crippen molar-refractivity contribution in [3.63, 3.8) is 0 Å². The number of halogens is 1. The molecule has 1 aliphatic heterocycles. The summed E-state index contributed by atoms with van der Waals surface area (Å²) < 4.78 is 24.7. The highest BCUT2D eigenvalue weighted by molar-refractivity contribution is 9.10. The number of thioether (sulfide) groups is 1. The number of nitrogens with zero attached hydrogens (tertiary/aromatic N) is 2. The molecular weight excluding hydrogens is 480 g/mol. The fourth-order valence-electron chi connectivity index (χ4n) is 3.29. The van der Waals surface area contributed by atoms with E-state index in [0.29, 0.717) is 23.0 Å². The molecule has 1 aromatic rings. The molecule has 2 rings (SSSR count). The fourth-order valence-corrected chi connectivity index (χ4v) is 3.89. The molecule has 0 N–H and O–H groups in total. The second kappa shape index (κ2) is 9.47. The average molecular weight is 507 g/mol. The van der Waals surface area contributed by atoms with Crippen LogP contribution < -0.4 is 0 Å². The molecule has 10 heteroatoms. The first-order valence-corrected chi connectivity index (χ1v) is 11.4. The maximum Gasteiger partial charge on any atom is 0.410 e. The van der Waals surface area contributed by atoms with Gasteiger partial charge in [-0.3, -0.25) is 4.98 Å². The summed E-state index contributed by atoms with van der Waals surface area (Å²) in [5.41, 5.74) is -1.37. The Labute approximate surface area is 189 Å². The summed E-state index contributed by atoms with van der Waals surface area (Å²) in [5, 5.41) is 0. The topological polar surface area (TPSA) is 70.1 Å². The summed E-state index contributed by atoms with van der Waals surface area (Å²) in [6.45, 7) is 5.94. The normalized spacial score (nSPS) is 21.6. The molecule has 1 unspecified atom stereocenters. The fraction of sp³-hybridized carbons (Fsp3) is 0.632. The van der Waals surface area contributed by atoms with E-state index in [2.05, 4.69) is 20.9 Å². The molecule has 0 aliphatic carbocycles. The predicted octanol–water partition coefficient (Wildman–Crippen LogP) is 4.33. The van der Waals surface area contributed by atoms with Crippen molar-refractivity contribution in [2.75, 3.05) is 33.6 Å². The first-order valence-electron chi connectivity index (χ1n) is 9.00. The van der Waals surface area contributed by atoms with Crippen LogP contribution in [0.2, 0.25) is 0 Å². The number of carbonyl (C=O) groups is 1. The summed E-state index contributed by atoms with van der Waals surface area (Å²) >= 11 is 10.1. The molecule has 0 aromatic carbocycles. The van der Waals surface area contributed by atoms with Crippen LogP contribution in [0.1, 0.15) is 32.9 Å². The summed E-state index contributed by atoms with van der Waals surface area (Å²) in [5.74, 6) is -1.20. The monoisotopic (exact) mass is 506 g/mol. The Morgan fingerprint density at radius 2 is 1.97 bits per heavy atom. The first-order chi connectivity index (χ1) is 13.5. The SMILES string of the molecule is COC1(OC)CCN(C(=O)OC(C)(C)C)CC1(OC(=S)SC)c1ccc(Br)cn1. The lowest BCUT2D eigenvalue weighted by Crippen LogP contribution is -2.67. The summed E-state index contributed by atoms with van der Waals surface area (Å²) in [6.07, 6.45) is 3.37. The van der Waals surface area contributed by atoms with Crippen LogP contribution in [-0.2, 0) is 24.5 Å². The molecule has 0 bridgehead atoms. The van der Waals surface area contributed by atoms with Gasteiger partial charge < -0.3 is 23.8 Å². The molecule has 1 amide bonds. The molecule has 29 heavy (non-hydrogen) atoms. The number of carbonyl (C=O) groups excluding carboxylic acids is 1. The Hall–Kier alpha value is -0.940. The minimum atomic E-state index is -1.29. The second-order valence-electron chi connectivity index (χ2n) is 7.56. The van der Waals surface area contributed by atoms with Crippen LogP contribution >= 0.6 is 39.9 Å². The largest absolute Gasteiger partial charge is 0.458 e. The van der Waals surface area contributed by atoms with E-state index in [1.807, 2.05) is 33.1 Å². The number of piperidine rings is 1. The van der Waals surface area contributed by atoms with Gasteiger partial charge in [0.1, 0.15) is 5.60 Å². The van der Waals surface area contributed by atoms with Crippen LogP contribution in [0.5, 0.6) is 0 Å². The zero-order valence-electron chi connectivity index (χ0n) is 17.5. The van der Waals surface area contributed by atoms with E-state index in [1.165, 1.54) is 11.8 Å². The van der Waals surface area contributed by atoms with E-state index < -0.39 is 23.1 Å². The molecular formula is C19H27BrN2O5S2. The number of methoxy groups -OCH3 is 2. The lowest BCUT2D eigenvalue weighted by Gasteiger charge is -2.52. The Kier molecular flexibility index (Phi) is 7.94. The van der Waals surface area contributed by atoms with Gasteiger partial charge in [-0.05, 0) is 67.3 Å². The zero-order chi connectivity index (χ0) is 21.9. The molecule has 1 fully saturated rings. The highest BCUT2D eigenvalue weighted by atomic mass is 79.9. The third-order valence-electron chi connectivity index (χ3n) is 4.62. The maximum absolute atomic E-state index is 12.8. The number of hydrogen-bond acceptors (Lipinski definition) is 8. The Bertz CT molecular complexity index is 737. The number of ether oxygens (including phenoxy) is 4. The molecule has 2 heterocycles. The quantitative estimate of drug-likeness (QED) is 0.441. The number of likely N-dealkylation sites (tertiary alicyclic amines) is 1. The molecule has 1 saturated heterocycles. The number of rotatable bonds is 4. The summed E-state index contributed by atoms with van der Waals surface area (Å²) in [7, 11) is 3.09. The van der Waals surface area contributed by atoms with Gasteiger partial charge in [-0.15, -0.1) is 0 Å². The van der Waals surface area contributed by atoms with E-state index >= 15 is 0 Å². The van der Waals surface area contributed by atoms with Crippen LogP contribution in [-0.4, -0.2) is 65.3 Å². The maximum atomic E-state index is 12.8. The molecule has 1 aliphatic rings. The molecule has 0 radical (unpaired) electrons. The number of aromatic nitrogens is 1. The second-order valence-corrected chi connectivity index (χ2v) is 9.88. The van der Waals surface area contributed by atoms with E-state index in [-0.39, 0.29) is 6.54 Å². The van der Waals surface area contributed by atoms with Crippen molar-refractivity contribution in [1.29, 1.82) is 0 Å². The average Bonchev–Trinajstić information content (AvgIpc) is 2.67. The summed E-state index contributed by atoms with van der Waals surface area (Å²) in [6, 6.07) is 3.65. The predicted molar refractivity (Wildman–Crippen MR) is 120 cm³/mol. The number of amides is 1. The van der Waals surface area contributed by atoms with Gasteiger partial charge in [-0.2, -0.15) is 0 Å². The molecule has 1 aromatic heterocycles. The van der Waals surface area contributed by atoms with E-state index in [0.717, 1.165) is 4.47 Å². The number of pyridine rings is 1. The number of thiocarbonyl (C=S) groups is 1. The highest BCUT2D eigenvalue weighted by Crippen LogP contribution is 2.46. The first kappa shape index (κ1) is 24.3. The van der Waals surface area contributed by atoms with Crippen molar-refractivity contribution in [1.82, 2.24) is 9.88 Å². The molecule has 0 spiro atoms. The van der Waals surface area contributed by atoms with Gasteiger partial charge in [0.05, 0.1) is 12.2 Å². The van der Waals surface area contributed by atoms with Crippen LogP contribution in [0.15, 0.2) is 22.8 Å². The van der Waals surface area contributed by atoms with Crippen molar-refractivity contribution < 1.29 is 23.7 Å². The van der Waals surface area contributed by atoms with Gasteiger partial charge in [0, 0.05) is 37.9 Å². The van der Waals surface area contributed by atoms with Crippen molar-refractivity contribution in [2.45, 2.75) is 44.2 Å². The van der Waals surface area contributed by atoms with Crippen LogP contribution in [0.4, 0.5) is 4.79 Å². The minimum absolute atomic E-state index is 0.0962. The standard InChI is InChI=1S/C19H27BrN2O5S2/c1-17(2,3)26-15(23)22-10-9-19(24-4,25-5)18(12-22,27-16(28)29-6)14-8-7-13(20)11-21-14/h7-8,11H,9-10,12H2,1-6H3. The molecule has 0 saturated carbocycles. The van der Waals surface area contributed by atoms with E-state index in [4.69, 9.17) is 31.2 Å². The van der Waals surface area contributed by atoms with Gasteiger partial charge in [0.15, 0.2) is 0 Å². The minimum Gasteiger partial charge on any atom is -0.458 e. The van der Waals surface area contributed by atoms with Crippen molar-refractivity contribution in [2.24, 2.45) is 0 Å². The van der Waals surface area contributed by atoms with Gasteiger partial charge >= 0.3 is 6.09 Å². The van der Waals surface area contributed by atoms with E-state index in [9.17, 15) is 4.79 Å². The lowest BCUT2D eigenvalue weighted by atomic mass is 9.82. The van der Waals surface area contributed by atoms with Crippen molar-refractivity contribution >= 4 is 50.4 Å². The van der Waals surface area contributed by atoms with Gasteiger partial charge in [-0.1, -0.05) is 11.8 Å². The van der Waals surface area contributed by atoms with Gasteiger partial charge in [0.2, 0.25) is 15.8 Å². The van der Waals surface area contributed by atoms with Crippen molar-refractivity contribution in [3.8, 4) is 0 Å². The van der Waals surface area contributed by atoms with Crippen LogP contribution in [0.25, 0.3) is 0 Å². The molecule has 162 valence electrons. The zero-order valence-corrected chi connectivity index (χ0v) is 20.7. The summed E-state index contributed by atoms with van der Waals surface area (Å²) in [4.78, 5) is 18.9. The highest BCUT2D eigenvalue weighted by Gasteiger charge is 2.62. The van der Waals surface area contributed by atoms with Crippen molar-refractivity contribution in [3.05, 3.63) is 28.5 Å². The molecule has 1 atom stereocenters. The lowest BCUT2D eigenvalue weighted by molar-refractivity contribution is -0.320. The van der Waals surface area contributed by atoms with Crippen LogP contribution in [0.3, 0.4) is 0 Å². The molecule has 7 nitrogen and oxygen atoms in total. The van der Waals surface area contributed by atoms with Crippen LogP contribution in [0, 0.1) is 0 Å². The smallest absolute Gasteiger partial charge is 0.410 e. The third-order valence-corrected chi connectivity index (χ3v) is 6.09. The number of hydrogen-bond donors (Lipinski definition) is 0. The Morgan fingerprint density at radius 1 is 1.31 bits per heavy atom. The Morgan fingerprint density at radius 3 is 2.45 bits per heavy atom.